The zero-order chi connectivity index (χ0) is 55.0. The number of carbonyl (C=O) groups is 2. The van der Waals surface area contributed by atoms with Crippen LogP contribution in [0.3, 0.4) is 0 Å². The van der Waals surface area contributed by atoms with Gasteiger partial charge in [0.25, 0.3) is 0 Å². The van der Waals surface area contributed by atoms with Crippen LogP contribution >= 0.6 is 0 Å². The van der Waals surface area contributed by atoms with Gasteiger partial charge in [0.05, 0.1) is 25.4 Å². The molecule has 0 rings (SSSR count). The summed E-state index contributed by atoms with van der Waals surface area (Å²) in [6.45, 7) is 4.96. The van der Waals surface area contributed by atoms with Gasteiger partial charge in [-0.3, -0.25) is 9.59 Å². The van der Waals surface area contributed by atoms with Crippen LogP contribution in [0.4, 0.5) is 0 Å². The first-order chi connectivity index (χ1) is 37.5. The highest BCUT2D eigenvalue weighted by molar-refractivity contribution is 5.76. The molecule has 76 heavy (non-hydrogen) atoms. The molecule has 0 radical (unpaired) electrons. The quantitative estimate of drug-likeness (QED) is 0.0320. The molecule has 6 heteroatoms. The van der Waals surface area contributed by atoms with Crippen LogP contribution in [0.25, 0.3) is 0 Å². The monoisotopic (exact) mass is 1070 g/mol. The molecule has 0 heterocycles. The van der Waals surface area contributed by atoms with Crippen LogP contribution in [-0.4, -0.2) is 47.4 Å². The second kappa shape index (κ2) is 65.9. The third-order valence-electron chi connectivity index (χ3n) is 16.3. The van der Waals surface area contributed by atoms with Gasteiger partial charge in [0.2, 0.25) is 5.91 Å². The molecule has 0 aromatic carbocycles. The smallest absolute Gasteiger partial charge is 0.305 e. The first-order valence-electron chi connectivity index (χ1n) is 34.6. The number of rotatable bonds is 65. The van der Waals surface area contributed by atoms with Crippen LogP contribution in [0, 0.1) is 0 Å². The van der Waals surface area contributed by atoms with E-state index in [1.165, 1.54) is 302 Å². The van der Waals surface area contributed by atoms with Crippen LogP contribution in [0.1, 0.15) is 386 Å². The maximum absolute atomic E-state index is 12.5. The molecule has 0 spiro atoms. The molecule has 2 atom stereocenters. The van der Waals surface area contributed by atoms with Crippen LogP contribution in [0.15, 0.2) is 24.3 Å². The predicted molar refractivity (Wildman–Crippen MR) is 333 cm³/mol. The van der Waals surface area contributed by atoms with Gasteiger partial charge in [-0.15, -0.1) is 0 Å². The largest absolute Gasteiger partial charge is 0.466 e. The maximum Gasteiger partial charge on any atom is 0.305 e. The number of amides is 1. The van der Waals surface area contributed by atoms with Crippen molar-refractivity contribution in [3.63, 3.8) is 0 Å². The summed E-state index contributed by atoms with van der Waals surface area (Å²) in [7, 11) is 0. The van der Waals surface area contributed by atoms with Gasteiger partial charge in [-0.25, -0.2) is 0 Å². The molecular formula is C70H135NO5. The van der Waals surface area contributed by atoms with E-state index in [-0.39, 0.29) is 18.5 Å². The third-order valence-corrected chi connectivity index (χ3v) is 16.3. The van der Waals surface area contributed by atoms with E-state index < -0.39 is 12.1 Å². The van der Waals surface area contributed by atoms with E-state index in [9.17, 15) is 19.8 Å². The van der Waals surface area contributed by atoms with Crippen molar-refractivity contribution in [1.29, 1.82) is 0 Å². The van der Waals surface area contributed by atoms with Crippen molar-refractivity contribution in [2.24, 2.45) is 0 Å². The van der Waals surface area contributed by atoms with Gasteiger partial charge >= 0.3 is 5.97 Å². The van der Waals surface area contributed by atoms with E-state index in [1.807, 2.05) is 0 Å². The molecule has 0 aromatic heterocycles. The average Bonchev–Trinajstić information content (AvgIpc) is 3.42. The molecule has 0 saturated carbocycles. The molecular weight excluding hydrogens is 935 g/mol. The fourth-order valence-electron chi connectivity index (χ4n) is 11.0. The third kappa shape index (κ3) is 61.6. The van der Waals surface area contributed by atoms with Crippen molar-refractivity contribution in [1.82, 2.24) is 5.32 Å². The van der Waals surface area contributed by atoms with Crippen molar-refractivity contribution in [2.75, 3.05) is 13.2 Å². The number of hydrogen-bond donors (Lipinski definition) is 3. The van der Waals surface area contributed by atoms with E-state index in [2.05, 4.69) is 43.5 Å². The lowest BCUT2D eigenvalue weighted by Gasteiger charge is -2.22. The Morgan fingerprint density at radius 1 is 0.368 bits per heavy atom. The summed E-state index contributed by atoms with van der Waals surface area (Å²) in [6.07, 6.45) is 82.1. The molecule has 0 fully saturated rings. The number of aliphatic hydroxyl groups is 2. The van der Waals surface area contributed by atoms with Gasteiger partial charge in [-0.2, -0.15) is 0 Å². The number of nitrogens with one attached hydrogen (secondary N) is 1. The van der Waals surface area contributed by atoms with Gasteiger partial charge in [0, 0.05) is 12.8 Å². The lowest BCUT2D eigenvalue weighted by molar-refractivity contribution is -0.143. The molecule has 6 nitrogen and oxygen atoms in total. The summed E-state index contributed by atoms with van der Waals surface area (Å²) in [5, 5.41) is 23.4. The summed E-state index contributed by atoms with van der Waals surface area (Å²) < 4.78 is 5.50. The fourth-order valence-corrected chi connectivity index (χ4v) is 11.0. The highest BCUT2D eigenvalue weighted by atomic mass is 16.5. The topological polar surface area (TPSA) is 95.9 Å². The zero-order valence-corrected chi connectivity index (χ0v) is 51.5. The van der Waals surface area contributed by atoms with E-state index in [1.54, 1.807) is 0 Å². The highest BCUT2D eigenvalue weighted by Gasteiger charge is 2.20. The normalized spacial score (nSPS) is 12.6. The lowest BCUT2D eigenvalue weighted by atomic mass is 10.0. The molecule has 0 aliphatic carbocycles. The van der Waals surface area contributed by atoms with E-state index in [0.717, 1.165) is 51.4 Å². The van der Waals surface area contributed by atoms with Crippen molar-refractivity contribution in [3.8, 4) is 0 Å². The number of carbonyl (C=O) groups excluding carboxylic acids is 2. The second-order valence-corrected chi connectivity index (χ2v) is 23.9. The zero-order valence-electron chi connectivity index (χ0n) is 51.5. The molecule has 3 N–H and O–H groups in total. The standard InChI is InChI=1S/C70H135NO5/c1-3-5-7-9-11-13-15-17-19-21-22-24-27-31-34-38-42-46-50-54-58-62-68(73)67(66-72)71-69(74)63-59-55-51-47-43-39-35-32-28-25-23-26-29-33-37-41-45-49-53-57-61-65-76-70(75)64-60-56-52-48-44-40-36-30-20-18-16-14-12-10-8-6-4-2/h12,14,18,20,67-68,72-73H,3-11,13,15-17,19,21-66H2,1-2H3,(H,71,74)/b14-12-,20-18-. The molecule has 0 aliphatic rings. The van der Waals surface area contributed by atoms with Gasteiger partial charge in [-0.05, 0) is 57.8 Å². The van der Waals surface area contributed by atoms with Crippen LogP contribution in [0.5, 0.6) is 0 Å². The summed E-state index contributed by atoms with van der Waals surface area (Å²) >= 11 is 0. The predicted octanol–water partition coefficient (Wildman–Crippen LogP) is 22.1. The minimum absolute atomic E-state index is 0.00524. The summed E-state index contributed by atoms with van der Waals surface area (Å²) in [5.41, 5.74) is 0. The van der Waals surface area contributed by atoms with Gasteiger partial charge < -0.3 is 20.3 Å². The molecule has 1 amide bonds. The van der Waals surface area contributed by atoms with Crippen LogP contribution < -0.4 is 5.32 Å². The van der Waals surface area contributed by atoms with Gasteiger partial charge in [0.15, 0.2) is 0 Å². The van der Waals surface area contributed by atoms with Crippen molar-refractivity contribution in [2.45, 2.75) is 398 Å². The Bertz CT molecular complexity index is 1190. The van der Waals surface area contributed by atoms with Gasteiger partial charge in [0.1, 0.15) is 0 Å². The minimum Gasteiger partial charge on any atom is -0.466 e. The Labute approximate surface area is 475 Å². The van der Waals surface area contributed by atoms with Crippen molar-refractivity contribution < 1.29 is 24.5 Å². The number of unbranched alkanes of at least 4 members (excludes halogenated alkanes) is 50. The Kier molecular flexibility index (Phi) is 64.4. The first-order valence-corrected chi connectivity index (χ1v) is 34.6. The Balaban J connectivity index is 3.38. The molecule has 0 bridgehead atoms. The number of allylic oxidation sites excluding steroid dienone is 4. The molecule has 2 unspecified atom stereocenters. The Morgan fingerprint density at radius 2 is 0.658 bits per heavy atom. The fraction of sp³-hybridized carbons (Fsp3) is 0.914. The van der Waals surface area contributed by atoms with Gasteiger partial charge in [-0.1, -0.05) is 340 Å². The van der Waals surface area contributed by atoms with Crippen LogP contribution in [-0.2, 0) is 14.3 Å². The maximum atomic E-state index is 12.5. The molecule has 450 valence electrons. The van der Waals surface area contributed by atoms with E-state index in [0.29, 0.717) is 25.9 Å². The Hall–Kier alpha value is -1.66. The summed E-state index contributed by atoms with van der Waals surface area (Å²) in [4.78, 5) is 24.6. The summed E-state index contributed by atoms with van der Waals surface area (Å²) in [5.74, 6) is -0.0266. The number of aliphatic hydroxyl groups excluding tert-OH is 2. The molecule has 0 saturated heterocycles. The SMILES string of the molecule is CCCCC/C=C\C/C=C\CCCCCCCCCC(=O)OCCCCCCCCCCCCCCCCCCCCCCCC(=O)NC(CO)C(O)CCCCCCCCCCCCCCCCCCCCCCC. The number of hydrogen-bond acceptors (Lipinski definition) is 5. The summed E-state index contributed by atoms with van der Waals surface area (Å²) in [6, 6.07) is -0.543. The molecule has 0 aliphatic heterocycles. The highest BCUT2D eigenvalue weighted by Crippen LogP contribution is 2.19. The van der Waals surface area contributed by atoms with E-state index in [4.69, 9.17) is 4.74 Å². The van der Waals surface area contributed by atoms with Crippen LogP contribution in [0.2, 0.25) is 0 Å². The Morgan fingerprint density at radius 3 is 1.03 bits per heavy atom. The van der Waals surface area contributed by atoms with E-state index >= 15 is 0 Å². The first kappa shape index (κ1) is 74.3. The van der Waals surface area contributed by atoms with Crippen molar-refractivity contribution in [3.05, 3.63) is 24.3 Å². The lowest BCUT2D eigenvalue weighted by Crippen LogP contribution is -2.45. The number of ether oxygens (including phenoxy) is 1. The second-order valence-electron chi connectivity index (χ2n) is 23.9. The molecule has 0 aromatic rings. The average molecular weight is 1070 g/mol. The minimum atomic E-state index is -0.666. The van der Waals surface area contributed by atoms with Crippen molar-refractivity contribution >= 4 is 11.9 Å². The number of esters is 1.